The lowest BCUT2D eigenvalue weighted by molar-refractivity contribution is -0.124. The molecule has 2 N–H and O–H groups in total. The van der Waals surface area contributed by atoms with Crippen molar-refractivity contribution in [3.05, 3.63) is 34.9 Å². The van der Waals surface area contributed by atoms with Crippen LogP contribution in [0.4, 0.5) is 0 Å². The van der Waals surface area contributed by atoms with Gasteiger partial charge in [-0.1, -0.05) is 44.0 Å². The molecule has 26 heavy (non-hydrogen) atoms. The standard InChI is InChI=1S/C20H30ClN3O2/c1-14(2)18(23-19(25)16-9-4-5-10-17(16)21)20(26)22-11-13-24-12-7-6-8-15(24)3/h4-5,9-10,14-15,18H,6-8,11-13H2,1-3H3,(H,22,26)(H,23,25). The van der Waals surface area contributed by atoms with E-state index in [1.807, 2.05) is 13.8 Å². The van der Waals surface area contributed by atoms with Crippen molar-refractivity contribution in [3.63, 3.8) is 0 Å². The largest absolute Gasteiger partial charge is 0.353 e. The Morgan fingerprint density at radius 2 is 2.00 bits per heavy atom. The molecule has 5 nitrogen and oxygen atoms in total. The summed E-state index contributed by atoms with van der Waals surface area (Å²) < 4.78 is 0. The predicted octanol–water partition coefficient (Wildman–Crippen LogP) is 3.09. The zero-order chi connectivity index (χ0) is 19.1. The highest BCUT2D eigenvalue weighted by Crippen LogP contribution is 2.16. The second-order valence-electron chi connectivity index (χ2n) is 7.35. The summed E-state index contributed by atoms with van der Waals surface area (Å²) in [5.74, 6) is -0.491. The molecule has 0 aromatic heterocycles. The molecule has 1 aliphatic rings. The zero-order valence-electron chi connectivity index (χ0n) is 15.9. The van der Waals surface area contributed by atoms with E-state index < -0.39 is 6.04 Å². The summed E-state index contributed by atoms with van der Waals surface area (Å²) in [7, 11) is 0. The molecular formula is C20H30ClN3O2. The molecule has 2 atom stereocenters. The lowest BCUT2D eigenvalue weighted by Gasteiger charge is -2.33. The molecule has 144 valence electrons. The number of carbonyl (C=O) groups is 2. The number of halogens is 1. The van der Waals surface area contributed by atoms with E-state index in [1.165, 1.54) is 19.3 Å². The van der Waals surface area contributed by atoms with Crippen LogP contribution in [0.15, 0.2) is 24.3 Å². The molecule has 2 unspecified atom stereocenters. The van der Waals surface area contributed by atoms with Gasteiger partial charge in [-0.15, -0.1) is 0 Å². The van der Waals surface area contributed by atoms with E-state index in [4.69, 9.17) is 11.6 Å². The molecule has 1 aromatic rings. The van der Waals surface area contributed by atoms with E-state index >= 15 is 0 Å². The van der Waals surface area contributed by atoms with E-state index in [9.17, 15) is 9.59 Å². The Balaban J connectivity index is 1.88. The van der Waals surface area contributed by atoms with Crippen molar-refractivity contribution in [1.82, 2.24) is 15.5 Å². The van der Waals surface area contributed by atoms with E-state index in [0.717, 1.165) is 13.1 Å². The minimum Gasteiger partial charge on any atom is -0.353 e. The first-order valence-corrected chi connectivity index (χ1v) is 9.85. The van der Waals surface area contributed by atoms with E-state index in [2.05, 4.69) is 22.5 Å². The second kappa shape index (κ2) is 9.93. The van der Waals surface area contributed by atoms with Crippen LogP contribution < -0.4 is 10.6 Å². The van der Waals surface area contributed by atoms with Gasteiger partial charge in [0, 0.05) is 19.1 Å². The Bertz CT molecular complexity index is 621. The number of rotatable bonds is 7. The molecule has 1 saturated heterocycles. The first-order chi connectivity index (χ1) is 12.4. The smallest absolute Gasteiger partial charge is 0.253 e. The highest BCUT2D eigenvalue weighted by molar-refractivity contribution is 6.33. The highest BCUT2D eigenvalue weighted by atomic mass is 35.5. The normalized spacial score (nSPS) is 19.2. The number of nitrogens with zero attached hydrogens (tertiary/aromatic N) is 1. The highest BCUT2D eigenvalue weighted by Gasteiger charge is 2.25. The average Bonchev–Trinajstić information content (AvgIpc) is 2.61. The molecule has 0 saturated carbocycles. The third-order valence-electron chi connectivity index (χ3n) is 4.99. The number of hydrogen-bond acceptors (Lipinski definition) is 3. The molecule has 2 rings (SSSR count). The molecule has 1 aliphatic heterocycles. The predicted molar refractivity (Wildman–Crippen MR) is 105 cm³/mol. The number of amides is 2. The molecule has 0 aliphatic carbocycles. The van der Waals surface area contributed by atoms with Crippen molar-refractivity contribution in [2.24, 2.45) is 5.92 Å². The fourth-order valence-corrected chi connectivity index (χ4v) is 3.54. The van der Waals surface area contributed by atoms with Crippen LogP contribution >= 0.6 is 11.6 Å². The Hall–Kier alpha value is -1.59. The molecule has 1 aromatic carbocycles. The number of likely N-dealkylation sites (tertiary alicyclic amines) is 1. The topological polar surface area (TPSA) is 61.4 Å². The first-order valence-electron chi connectivity index (χ1n) is 9.47. The van der Waals surface area contributed by atoms with Crippen molar-refractivity contribution in [3.8, 4) is 0 Å². The molecule has 1 heterocycles. The van der Waals surface area contributed by atoms with Gasteiger partial charge in [0.25, 0.3) is 5.91 Å². The number of nitrogens with one attached hydrogen (secondary N) is 2. The summed E-state index contributed by atoms with van der Waals surface area (Å²) in [5, 5.41) is 6.18. The Morgan fingerprint density at radius 3 is 2.65 bits per heavy atom. The SMILES string of the molecule is CC(C)C(NC(=O)c1ccccc1Cl)C(=O)NCCN1CCCCC1C. The van der Waals surface area contributed by atoms with Crippen LogP contribution in [0.5, 0.6) is 0 Å². The lowest BCUT2D eigenvalue weighted by Crippen LogP contribution is -2.51. The van der Waals surface area contributed by atoms with Crippen LogP contribution in [0.3, 0.4) is 0 Å². The number of benzene rings is 1. The summed E-state index contributed by atoms with van der Waals surface area (Å²) in [4.78, 5) is 27.5. The Morgan fingerprint density at radius 1 is 1.27 bits per heavy atom. The molecule has 0 bridgehead atoms. The van der Waals surface area contributed by atoms with Crippen molar-refractivity contribution >= 4 is 23.4 Å². The van der Waals surface area contributed by atoms with Gasteiger partial charge in [-0.3, -0.25) is 14.5 Å². The van der Waals surface area contributed by atoms with Gasteiger partial charge in [0.1, 0.15) is 6.04 Å². The van der Waals surface area contributed by atoms with Gasteiger partial charge in [-0.2, -0.15) is 0 Å². The summed E-state index contributed by atoms with van der Waals surface area (Å²) >= 11 is 6.08. The van der Waals surface area contributed by atoms with Gasteiger partial charge in [-0.05, 0) is 44.4 Å². The summed E-state index contributed by atoms with van der Waals surface area (Å²) in [5.41, 5.74) is 0.384. The van der Waals surface area contributed by atoms with Crippen molar-refractivity contribution in [1.29, 1.82) is 0 Å². The van der Waals surface area contributed by atoms with Gasteiger partial charge >= 0.3 is 0 Å². The molecule has 2 amide bonds. The minimum atomic E-state index is -0.586. The first kappa shape index (κ1) is 20.7. The summed E-state index contributed by atoms with van der Waals surface area (Å²) in [6.45, 7) is 8.60. The second-order valence-corrected chi connectivity index (χ2v) is 7.75. The quantitative estimate of drug-likeness (QED) is 0.765. The summed E-state index contributed by atoms with van der Waals surface area (Å²) in [6.07, 6.45) is 3.73. The maximum absolute atomic E-state index is 12.6. The monoisotopic (exact) mass is 379 g/mol. The van der Waals surface area contributed by atoms with Crippen LogP contribution in [-0.2, 0) is 4.79 Å². The molecule has 0 spiro atoms. The van der Waals surface area contributed by atoms with Crippen molar-refractivity contribution in [2.75, 3.05) is 19.6 Å². The zero-order valence-corrected chi connectivity index (χ0v) is 16.7. The molecular weight excluding hydrogens is 350 g/mol. The average molecular weight is 380 g/mol. The lowest BCUT2D eigenvalue weighted by atomic mass is 10.0. The molecule has 1 fully saturated rings. The Kier molecular flexibility index (Phi) is 7.91. The van der Waals surface area contributed by atoms with Gasteiger partial charge in [-0.25, -0.2) is 0 Å². The van der Waals surface area contributed by atoms with Gasteiger partial charge in [0.2, 0.25) is 5.91 Å². The fraction of sp³-hybridized carbons (Fsp3) is 0.600. The van der Waals surface area contributed by atoms with Gasteiger partial charge < -0.3 is 10.6 Å². The third kappa shape index (κ3) is 5.71. The van der Waals surface area contributed by atoms with Crippen LogP contribution in [-0.4, -0.2) is 48.4 Å². The van der Waals surface area contributed by atoms with Crippen LogP contribution in [0, 0.1) is 5.92 Å². The van der Waals surface area contributed by atoms with Gasteiger partial charge in [0.05, 0.1) is 10.6 Å². The molecule has 6 heteroatoms. The van der Waals surface area contributed by atoms with Crippen molar-refractivity contribution in [2.45, 2.75) is 52.1 Å². The van der Waals surface area contributed by atoms with E-state index in [-0.39, 0.29) is 17.7 Å². The number of piperidine rings is 1. The van der Waals surface area contributed by atoms with Crippen LogP contribution in [0.2, 0.25) is 5.02 Å². The minimum absolute atomic E-state index is 0.0182. The van der Waals surface area contributed by atoms with Crippen LogP contribution in [0.25, 0.3) is 0 Å². The van der Waals surface area contributed by atoms with Crippen LogP contribution in [0.1, 0.15) is 50.4 Å². The number of carbonyl (C=O) groups excluding carboxylic acids is 2. The Labute approximate surface area is 161 Å². The summed E-state index contributed by atoms with van der Waals surface area (Å²) in [6, 6.07) is 6.84. The number of hydrogen-bond donors (Lipinski definition) is 2. The maximum atomic E-state index is 12.6. The maximum Gasteiger partial charge on any atom is 0.253 e. The van der Waals surface area contributed by atoms with Crippen molar-refractivity contribution < 1.29 is 9.59 Å². The van der Waals surface area contributed by atoms with E-state index in [1.54, 1.807) is 24.3 Å². The van der Waals surface area contributed by atoms with Gasteiger partial charge in [0.15, 0.2) is 0 Å². The fourth-order valence-electron chi connectivity index (χ4n) is 3.32. The van der Waals surface area contributed by atoms with E-state index in [0.29, 0.717) is 23.2 Å². The molecule has 0 radical (unpaired) electrons. The third-order valence-corrected chi connectivity index (χ3v) is 5.32.